The fraction of sp³-hybridized carbons (Fsp3) is 1.00. The van der Waals surface area contributed by atoms with Crippen molar-refractivity contribution in [3.05, 3.63) is 0 Å². The molecule has 2 rings (SSSR count). The molecule has 0 radical (unpaired) electrons. The van der Waals surface area contributed by atoms with Crippen LogP contribution >= 0.6 is 12.4 Å². The summed E-state index contributed by atoms with van der Waals surface area (Å²) in [5, 5.41) is 37.1. The Morgan fingerprint density at radius 1 is 1.29 bits per heavy atom. The van der Waals surface area contributed by atoms with Crippen molar-refractivity contribution in [2.75, 3.05) is 6.61 Å². The van der Waals surface area contributed by atoms with Crippen molar-refractivity contribution >= 4 is 12.4 Å². The average molecular weight is 226 g/mol. The maximum atomic E-state index is 9.60. The van der Waals surface area contributed by atoms with Crippen molar-refractivity contribution in [2.24, 2.45) is 11.8 Å². The molecule has 2 saturated carbocycles. The lowest BCUT2D eigenvalue weighted by molar-refractivity contribution is -0.0875. The fourth-order valence-electron chi connectivity index (χ4n) is 2.85. The molecule has 0 spiro atoms. The van der Waals surface area contributed by atoms with E-state index >= 15 is 0 Å². The van der Waals surface area contributed by atoms with Gasteiger partial charge in [-0.05, 0) is 24.7 Å². The van der Waals surface area contributed by atoms with Crippen LogP contribution in [0.2, 0.25) is 0 Å². The zero-order chi connectivity index (χ0) is 9.64. The van der Waals surface area contributed by atoms with Gasteiger partial charge in [-0.25, -0.2) is 0 Å². The number of nitrogens with one attached hydrogen (secondary N) is 1. The quantitative estimate of drug-likeness (QED) is 0.384. The number of fused-ring (bicyclic) bond motifs is 2. The van der Waals surface area contributed by atoms with Crippen molar-refractivity contribution < 1.29 is 20.5 Å². The number of halogens is 1. The third-order valence-corrected chi connectivity index (χ3v) is 3.62. The van der Waals surface area contributed by atoms with Gasteiger partial charge in [0.1, 0.15) is 6.10 Å². The molecule has 0 saturated heterocycles. The summed E-state index contributed by atoms with van der Waals surface area (Å²) in [5.74, 6) is -0.113. The molecule has 0 aromatic heterocycles. The van der Waals surface area contributed by atoms with Gasteiger partial charge in [-0.1, -0.05) is 0 Å². The third kappa shape index (κ3) is 1.36. The van der Waals surface area contributed by atoms with Gasteiger partial charge in [0.2, 0.25) is 0 Å². The van der Waals surface area contributed by atoms with E-state index in [1.165, 1.54) is 0 Å². The summed E-state index contributed by atoms with van der Waals surface area (Å²) < 4.78 is 0. The van der Waals surface area contributed by atoms with Gasteiger partial charge in [0.05, 0.1) is 11.6 Å². The SMILES string of the molecule is Cl.OC[C@H]1C[C@@]2(NO)C[C@@H]1[C@H](O)[C@@H]2O. The summed E-state index contributed by atoms with van der Waals surface area (Å²) in [6.07, 6.45) is -0.712. The minimum Gasteiger partial charge on any atom is -0.396 e. The second kappa shape index (κ2) is 3.92. The number of hydrogen-bond donors (Lipinski definition) is 5. The van der Waals surface area contributed by atoms with E-state index in [-0.39, 0.29) is 30.8 Å². The number of hydrogen-bond acceptors (Lipinski definition) is 5. The highest BCUT2D eigenvalue weighted by atomic mass is 35.5. The lowest BCUT2D eigenvalue weighted by Gasteiger charge is -2.35. The highest BCUT2D eigenvalue weighted by molar-refractivity contribution is 5.85. The summed E-state index contributed by atoms with van der Waals surface area (Å²) in [6.45, 7) is -0.00211. The van der Waals surface area contributed by atoms with Gasteiger partial charge in [-0.2, -0.15) is 5.48 Å². The lowest BCUT2D eigenvalue weighted by atomic mass is 9.82. The molecule has 5 nitrogen and oxygen atoms in total. The standard InChI is InChI=1S/C8H15NO4.ClH/c10-3-4-1-8(9-13)2-5(4)6(11)7(8)12;/h4-7,9-13H,1-3H2;1H/t4-,5+,6+,7+,8-;/m1./s1. The van der Waals surface area contributed by atoms with E-state index in [1.54, 1.807) is 0 Å². The first-order chi connectivity index (χ1) is 6.14. The summed E-state index contributed by atoms with van der Waals surface area (Å²) in [5.41, 5.74) is 1.30. The number of aliphatic hydroxyl groups is 3. The number of rotatable bonds is 2. The summed E-state index contributed by atoms with van der Waals surface area (Å²) in [4.78, 5) is 0. The Hall–Kier alpha value is 0.0900. The predicted molar refractivity (Wildman–Crippen MR) is 50.2 cm³/mol. The van der Waals surface area contributed by atoms with Crippen LogP contribution < -0.4 is 5.48 Å². The zero-order valence-electron chi connectivity index (χ0n) is 7.63. The largest absolute Gasteiger partial charge is 0.396 e. The second-order valence-corrected chi connectivity index (χ2v) is 4.22. The summed E-state index contributed by atoms with van der Waals surface area (Å²) >= 11 is 0. The molecule has 0 unspecified atom stereocenters. The summed E-state index contributed by atoms with van der Waals surface area (Å²) in [7, 11) is 0. The van der Waals surface area contributed by atoms with Gasteiger partial charge in [0, 0.05) is 6.61 Å². The highest BCUT2D eigenvalue weighted by Crippen LogP contribution is 2.50. The molecule has 5 N–H and O–H groups in total. The number of aliphatic hydroxyl groups excluding tert-OH is 3. The third-order valence-electron chi connectivity index (χ3n) is 3.62. The van der Waals surface area contributed by atoms with Crippen molar-refractivity contribution in [3.63, 3.8) is 0 Å². The average Bonchev–Trinajstić information content (AvgIpc) is 2.64. The first-order valence-electron chi connectivity index (χ1n) is 4.53. The molecule has 84 valence electrons. The second-order valence-electron chi connectivity index (χ2n) is 4.22. The fourth-order valence-corrected chi connectivity index (χ4v) is 2.85. The Kier molecular flexibility index (Phi) is 3.41. The van der Waals surface area contributed by atoms with E-state index in [9.17, 15) is 10.2 Å². The van der Waals surface area contributed by atoms with Crippen LogP contribution in [-0.4, -0.2) is 44.9 Å². The van der Waals surface area contributed by atoms with Crippen LogP contribution in [-0.2, 0) is 0 Å². The van der Waals surface area contributed by atoms with Crippen LogP contribution in [0.1, 0.15) is 12.8 Å². The van der Waals surface area contributed by atoms with Crippen molar-refractivity contribution in [3.8, 4) is 0 Å². The lowest BCUT2D eigenvalue weighted by Crippen LogP contribution is -2.55. The van der Waals surface area contributed by atoms with E-state index < -0.39 is 17.7 Å². The molecule has 0 amide bonds. The molecule has 6 heteroatoms. The van der Waals surface area contributed by atoms with Gasteiger partial charge in [0.15, 0.2) is 0 Å². The number of hydroxylamine groups is 1. The smallest absolute Gasteiger partial charge is 0.100 e. The van der Waals surface area contributed by atoms with Gasteiger partial charge in [0.25, 0.3) is 0 Å². The molecular weight excluding hydrogens is 210 g/mol. The van der Waals surface area contributed by atoms with Crippen LogP contribution in [0.5, 0.6) is 0 Å². The minimum absolute atomic E-state index is 0. The van der Waals surface area contributed by atoms with Crippen molar-refractivity contribution in [1.82, 2.24) is 5.48 Å². The van der Waals surface area contributed by atoms with Gasteiger partial charge in [-0.3, -0.25) is 0 Å². The molecular formula is C8H16ClNO4. The normalized spacial score (nSPS) is 50.6. The Labute approximate surface area is 88.1 Å². The van der Waals surface area contributed by atoms with E-state index in [0.29, 0.717) is 12.8 Å². The minimum atomic E-state index is -0.926. The van der Waals surface area contributed by atoms with Crippen LogP contribution in [0, 0.1) is 11.8 Å². The summed E-state index contributed by atoms with van der Waals surface area (Å²) in [6, 6.07) is 0. The Morgan fingerprint density at radius 2 is 1.93 bits per heavy atom. The molecule has 5 atom stereocenters. The highest BCUT2D eigenvalue weighted by Gasteiger charge is 2.61. The Balaban J connectivity index is 0.000000980. The van der Waals surface area contributed by atoms with Crippen LogP contribution in [0.25, 0.3) is 0 Å². The molecule has 2 fully saturated rings. The maximum Gasteiger partial charge on any atom is 0.100 e. The van der Waals surface area contributed by atoms with Crippen molar-refractivity contribution in [1.29, 1.82) is 0 Å². The van der Waals surface area contributed by atoms with E-state index in [2.05, 4.69) is 5.48 Å². The Bertz CT molecular complexity index is 212. The molecule has 2 aliphatic rings. The molecule has 0 aromatic rings. The van der Waals surface area contributed by atoms with Crippen LogP contribution in [0.3, 0.4) is 0 Å². The monoisotopic (exact) mass is 225 g/mol. The Morgan fingerprint density at radius 3 is 2.36 bits per heavy atom. The molecule has 2 aliphatic carbocycles. The maximum absolute atomic E-state index is 9.60. The van der Waals surface area contributed by atoms with Gasteiger partial charge in [-0.15, -0.1) is 12.4 Å². The van der Waals surface area contributed by atoms with Gasteiger partial charge < -0.3 is 20.5 Å². The van der Waals surface area contributed by atoms with E-state index in [0.717, 1.165) is 0 Å². The molecule has 0 aliphatic heterocycles. The molecule has 0 heterocycles. The van der Waals surface area contributed by atoms with E-state index in [4.69, 9.17) is 10.3 Å². The molecule has 2 bridgehead atoms. The zero-order valence-corrected chi connectivity index (χ0v) is 8.44. The molecule has 0 aromatic carbocycles. The first kappa shape index (κ1) is 12.2. The first-order valence-corrected chi connectivity index (χ1v) is 4.53. The topological polar surface area (TPSA) is 93.0 Å². The van der Waals surface area contributed by atoms with Gasteiger partial charge >= 0.3 is 0 Å². The van der Waals surface area contributed by atoms with Crippen LogP contribution in [0.4, 0.5) is 0 Å². The van der Waals surface area contributed by atoms with E-state index in [1.807, 2.05) is 0 Å². The molecule has 14 heavy (non-hydrogen) atoms. The van der Waals surface area contributed by atoms with Crippen molar-refractivity contribution in [2.45, 2.75) is 30.6 Å². The predicted octanol–water partition coefficient (Wildman–Crippen LogP) is -1.12. The van der Waals surface area contributed by atoms with Crippen LogP contribution in [0.15, 0.2) is 0 Å².